The molecule has 2 aromatic heterocycles. The zero-order valence-corrected chi connectivity index (χ0v) is 27.1. The Kier molecular flexibility index (Phi) is 7.75. The highest BCUT2D eigenvalue weighted by Crippen LogP contribution is 2.39. The summed E-state index contributed by atoms with van der Waals surface area (Å²) in [5.41, 5.74) is 11.7. The maximum atomic E-state index is 5.46. The van der Waals surface area contributed by atoms with E-state index in [4.69, 9.17) is 9.97 Å². The van der Waals surface area contributed by atoms with E-state index in [1.165, 1.54) is 16.5 Å². The molecule has 8 aromatic rings. The Balaban J connectivity index is 1.30. The minimum absolute atomic E-state index is 0.588. The van der Waals surface area contributed by atoms with Gasteiger partial charge in [0, 0.05) is 45.3 Å². The van der Waals surface area contributed by atoms with Crippen molar-refractivity contribution >= 4 is 33.2 Å². The average molecular weight is 621 g/mol. The van der Waals surface area contributed by atoms with Crippen molar-refractivity contribution in [1.29, 1.82) is 0 Å². The first kappa shape index (κ1) is 29.4. The van der Waals surface area contributed by atoms with Crippen molar-refractivity contribution in [2.75, 3.05) is 5.32 Å². The number of anilines is 2. The van der Waals surface area contributed by atoms with Crippen molar-refractivity contribution in [3.05, 3.63) is 163 Å². The average Bonchev–Trinajstić information content (AvgIpc) is 3.52. The minimum atomic E-state index is 0.588. The molecule has 8 rings (SSSR count). The van der Waals surface area contributed by atoms with E-state index < -0.39 is 0 Å². The summed E-state index contributed by atoms with van der Waals surface area (Å²) in [6.07, 6.45) is 2.93. The number of nitrogens with one attached hydrogen (secondary N) is 1. The first-order valence-electron chi connectivity index (χ1n) is 16.6. The molecule has 0 bridgehead atoms. The number of aromatic nitrogens is 3. The van der Waals surface area contributed by atoms with Gasteiger partial charge in [-0.2, -0.15) is 0 Å². The highest BCUT2D eigenvalue weighted by atomic mass is 15.1. The summed E-state index contributed by atoms with van der Waals surface area (Å²) in [4.78, 5) is 10.3. The summed E-state index contributed by atoms with van der Waals surface area (Å²) in [5, 5.41) is 6.09. The molecule has 0 aliphatic carbocycles. The molecule has 0 aliphatic rings. The molecule has 6 aromatic carbocycles. The normalized spacial score (nSPS) is 11.4. The lowest BCUT2D eigenvalue weighted by atomic mass is 9.97. The van der Waals surface area contributed by atoms with E-state index in [9.17, 15) is 0 Å². The number of para-hydroxylation sites is 4. The van der Waals surface area contributed by atoms with E-state index >= 15 is 0 Å². The van der Waals surface area contributed by atoms with Crippen molar-refractivity contribution in [1.82, 2.24) is 14.5 Å². The molecule has 0 atom stereocenters. The molecule has 4 nitrogen and oxygen atoms in total. The Labute approximate surface area is 281 Å². The minimum Gasteiger partial charge on any atom is -0.354 e. The maximum Gasteiger partial charge on any atom is 0.147 e. The van der Waals surface area contributed by atoms with Crippen LogP contribution in [0, 0.1) is 5.92 Å². The summed E-state index contributed by atoms with van der Waals surface area (Å²) in [6, 6.07) is 53.3. The molecule has 0 radical (unpaired) electrons. The number of hydrogen-bond donors (Lipinski definition) is 1. The number of imidazole rings is 1. The molecule has 2 heterocycles. The van der Waals surface area contributed by atoms with Gasteiger partial charge in [0.1, 0.15) is 5.82 Å². The largest absolute Gasteiger partial charge is 0.354 e. The summed E-state index contributed by atoms with van der Waals surface area (Å²) >= 11 is 0. The zero-order chi connectivity index (χ0) is 32.5. The molecule has 0 spiro atoms. The SMILES string of the molecule is CC(C)Cc1cccc(-c2cccc3c2nc(-c2ccccc2Nc2ccccc2-c2nccc4ccccc24)n3-c2ccccc2)c1. The van der Waals surface area contributed by atoms with E-state index in [1.807, 2.05) is 6.20 Å². The number of nitrogens with zero attached hydrogens (tertiary/aromatic N) is 3. The van der Waals surface area contributed by atoms with Gasteiger partial charge in [0.25, 0.3) is 0 Å². The van der Waals surface area contributed by atoms with Gasteiger partial charge in [-0.15, -0.1) is 0 Å². The molecule has 0 saturated heterocycles. The second-order valence-corrected chi connectivity index (χ2v) is 12.7. The number of benzene rings is 6. The molecule has 232 valence electrons. The van der Waals surface area contributed by atoms with Gasteiger partial charge in [0.2, 0.25) is 0 Å². The van der Waals surface area contributed by atoms with Gasteiger partial charge >= 0.3 is 0 Å². The molecular formula is C44H36N4. The molecule has 0 saturated carbocycles. The van der Waals surface area contributed by atoms with Crippen LogP contribution in [0.2, 0.25) is 0 Å². The lowest BCUT2D eigenvalue weighted by molar-refractivity contribution is 0.647. The highest BCUT2D eigenvalue weighted by molar-refractivity contribution is 5.99. The smallest absolute Gasteiger partial charge is 0.147 e. The van der Waals surface area contributed by atoms with Crippen LogP contribution in [0.1, 0.15) is 19.4 Å². The zero-order valence-electron chi connectivity index (χ0n) is 27.1. The Morgan fingerprint density at radius 3 is 2.15 bits per heavy atom. The molecule has 1 N–H and O–H groups in total. The van der Waals surface area contributed by atoms with Gasteiger partial charge in [0.15, 0.2) is 0 Å². The van der Waals surface area contributed by atoms with Crippen LogP contribution in [0.25, 0.3) is 61.3 Å². The fourth-order valence-electron chi connectivity index (χ4n) is 6.75. The van der Waals surface area contributed by atoms with Crippen molar-refractivity contribution in [3.63, 3.8) is 0 Å². The lowest BCUT2D eigenvalue weighted by Crippen LogP contribution is -2.01. The number of hydrogen-bond acceptors (Lipinski definition) is 3. The monoisotopic (exact) mass is 620 g/mol. The summed E-state index contributed by atoms with van der Waals surface area (Å²) in [7, 11) is 0. The van der Waals surface area contributed by atoms with Crippen LogP contribution in [-0.4, -0.2) is 14.5 Å². The van der Waals surface area contributed by atoms with Crippen LogP contribution in [0.5, 0.6) is 0 Å². The third kappa shape index (κ3) is 5.52. The van der Waals surface area contributed by atoms with Gasteiger partial charge in [-0.3, -0.25) is 9.55 Å². The predicted octanol–water partition coefficient (Wildman–Crippen LogP) is 11.5. The Morgan fingerprint density at radius 1 is 0.625 bits per heavy atom. The van der Waals surface area contributed by atoms with Crippen molar-refractivity contribution < 1.29 is 0 Å². The fourth-order valence-corrected chi connectivity index (χ4v) is 6.75. The summed E-state index contributed by atoms with van der Waals surface area (Å²) in [5.74, 6) is 1.47. The van der Waals surface area contributed by atoms with Gasteiger partial charge < -0.3 is 5.32 Å². The fraction of sp³-hybridized carbons (Fsp3) is 0.0909. The predicted molar refractivity (Wildman–Crippen MR) is 201 cm³/mol. The van der Waals surface area contributed by atoms with Gasteiger partial charge in [-0.05, 0) is 71.3 Å². The Hall–Kier alpha value is -6.00. The second kappa shape index (κ2) is 12.7. The number of fused-ring (bicyclic) bond motifs is 2. The first-order valence-corrected chi connectivity index (χ1v) is 16.6. The van der Waals surface area contributed by atoms with E-state index in [1.54, 1.807) is 0 Å². The van der Waals surface area contributed by atoms with Crippen molar-refractivity contribution in [3.8, 4) is 39.5 Å². The standard InChI is InChI=1S/C44H36N4/c1-30(2)28-31-14-12-16-33(29-31)36-22-13-25-41-43(36)47-44(48(41)34-17-4-3-5-18-34)38-21-9-11-24-40(38)46-39-23-10-8-20-37(39)42-35-19-7-6-15-32(35)26-27-45-42/h3-27,29-30,46H,28H2,1-2H3. The highest BCUT2D eigenvalue weighted by Gasteiger charge is 2.20. The Bertz CT molecular complexity index is 2380. The summed E-state index contributed by atoms with van der Waals surface area (Å²) < 4.78 is 2.29. The number of rotatable bonds is 8. The van der Waals surface area contributed by atoms with Gasteiger partial charge in [0.05, 0.1) is 16.7 Å². The summed E-state index contributed by atoms with van der Waals surface area (Å²) in [6.45, 7) is 4.54. The third-order valence-corrected chi connectivity index (χ3v) is 8.87. The van der Waals surface area contributed by atoms with Crippen LogP contribution in [0.15, 0.2) is 158 Å². The molecule has 4 heteroatoms. The van der Waals surface area contributed by atoms with Crippen LogP contribution in [-0.2, 0) is 6.42 Å². The van der Waals surface area contributed by atoms with Crippen LogP contribution < -0.4 is 5.32 Å². The molecule has 0 fully saturated rings. The van der Waals surface area contributed by atoms with E-state index in [-0.39, 0.29) is 0 Å². The van der Waals surface area contributed by atoms with Crippen LogP contribution in [0.3, 0.4) is 0 Å². The molecule has 0 aliphatic heterocycles. The molecular weight excluding hydrogens is 585 g/mol. The van der Waals surface area contributed by atoms with E-state index in [0.29, 0.717) is 5.92 Å². The van der Waals surface area contributed by atoms with Crippen molar-refractivity contribution in [2.45, 2.75) is 20.3 Å². The maximum absolute atomic E-state index is 5.46. The number of pyridine rings is 1. The van der Waals surface area contributed by atoms with Crippen molar-refractivity contribution in [2.24, 2.45) is 5.92 Å². The lowest BCUT2D eigenvalue weighted by Gasteiger charge is -2.17. The topological polar surface area (TPSA) is 42.7 Å². The van der Waals surface area contributed by atoms with Crippen LogP contribution in [0.4, 0.5) is 11.4 Å². The van der Waals surface area contributed by atoms with Crippen LogP contribution >= 0.6 is 0 Å². The van der Waals surface area contributed by atoms with E-state index in [2.05, 4.69) is 175 Å². The molecule has 48 heavy (non-hydrogen) atoms. The molecule has 0 unspecified atom stereocenters. The first-order chi connectivity index (χ1) is 23.6. The molecule has 0 amide bonds. The quantitative estimate of drug-likeness (QED) is 0.184. The third-order valence-electron chi connectivity index (χ3n) is 8.87. The van der Waals surface area contributed by atoms with E-state index in [0.717, 1.165) is 68.1 Å². The Morgan fingerprint density at radius 2 is 1.31 bits per heavy atom. The van der Waals surface area contributed by atoms with Gasteiger partial charge in [-0.1, -0.05) is 123 Å². The van der Waals surface area contributed by atoms with Gasteiger partial charge in [-0.25, -0.2) is 4.98 Å². The second-order valence-electron chi connectivity index (χ2n) is 12.7.